The van der Waals surface area contributed by atoms with E-state index in [9.17, 15) is 13.2 Å². The topological polar surface area (TPSA) is 95.5 Å². The van der Waals surface area contributed by atoms with Gasteiger partial charge < -0.3 is 5.11 Å². The normalized spacial score (nSPS) is 11.2. The lowest BCUT2D eigenvalue weighted by Crippen LogP contribution is -2.26. The molecule has 94 valence electrons. The van der Waals surface area contributed by atoms with Crippen LogP contribution in [0.15, 0.2) is 12.1 Å². The first-order valence-electron chi connectivity index (χ1n) is 4.20. The summed E-state index contributed by atoms with van der Waals surface area (Å²) in [7, 11) is -2.56. The van der Waals surface area contributed by atoms with E-state index in [4.69, 9.17) is 28.3 Å². The minimum absolute atomic E-state index is 0.0762. The van der Waals surface area contributed by atoms with Crippen LogP contribution in [-0.2, 0) is 10.2 Å². The molecule has 0 heterocycles. The molecule has 0 fully saturated rings. The highest BCUT2D eigenvalue weighted by atomic mass is 35.5. The van der Waals surface area contributed by atoms with E-state index in [1.807, 2.05) is 4.72 Å². The molecule has 0 unspecified atom stereocenters. The fourth-order valence-corrected chi connectivity index (χ4v) is 2.26. The van der Waals surface area contributed by atoms with Gasteiger partial charge in [-0.3, -0.25) is 4.72 Å². The molecule has 0 aliphatic carbocycles. The second-order valence-electron chi connectivity index (χ2n) is 2.93. The van der Waals surface area contributed by atoms with Crippen LogP contribution in [0.4, 0.5) is 5.69 Å². The maximum Gasteiger partial charge on any atom is 0.335 e. The Kier molecular flexibility index (Phi) is 4.21. The molecular weight excluding hydrogens is 291 g/mol. The molecular formula is C8H8Cl2N2O4S. The standard InChI is InChI=1S/C8H8Cl2N2O4S/c1-11-17(15,16)12-7-5(9)2-4(8(13)14)3-6(7)10/h2-3,11-12H,1H3,(H,13,14). The van der Waals surface area contributed by atoms with Crippen molar-refractivity contribution in [1.29, 1.82) is 0 Å². The predicted molar refractivity (Wildman–Crippen MR) is 65.0 cm³/mol. The van der Waals surface area contributed by atoms with Crippen molar-refractivity contribution in [3.8, 4) is 0 Å². The first-order chi connectivity index (χ1) is 7.76. The first kappa shape index (κ1) is 14.0. The van der Waals surface area contributed by atoms with Crippen LogP contribution >= 0.6 is 23.2 Å². The van der Waals surface area contributed by atoms with Crippen LogP contribution in [0.2, 0.25) is 10.0 Å². The molecule has 0 radical (unpaired) electrons. The fraction of sp³-hybridized carbons (Fsp3) is 0.125. The van der Waals surface area contributed by atoms with Crippen LogP contribution < -0.4 is 9.44 Å². The van der Waals surface area contributed by atoms with Gasteiger partial charge in [-0.15, -0.1) is 0 Å². The maximum absolute atomic E-state index is 11.2. The minimum Gasteiger partial charge on any atom is -0.478 e. The molecule has 0 saturated carbocycles. The van der Waals surface area contributed by atoms with E-state index < -0.39 is 16.2 Å². The van der Waals surface area contributed by atoms with Crippen LogP contribution in [0.1, 0.15) is 10.4 Å². The third-order valence-electron chi connectivity index (χ3n) is 1.79. The number of nitrogens with one attached hydrogen (secondary N) is 2. The maximum atomic E-state index is 11.2. The van der Waals surface area contributed by atoms with Crippen molar-refractivity contribution < 1.29 is 18.3 Å². The summed E-state index contributed by atoms with van der Waals surface area (Å²) in [5.41, 5.74) is -0.208. The fourth-order valence-electron chi connectivity index (χ4n) is 0.980. The van der Waals surface area contributed by atoms with Crippen molar-refractivity contribution in [2.24, 2.45) is 0 Å². The lowest BCUT2D eigenvalue weighted by atomic mass is 10.2. The monoisotopic (exact) mass is 298 g/mol. The Balaban J connectivity index is 3.24. The highest BCUT2D eigenvalue weighted by molar-refractivity contribution is 7.90. The summed E-state index contributed by atoms with van der Waals surface area (Å²) in [6.07, 6.45) is 0. The van der Waals surface area contributed by atoms with E-state index in [1.54, 1.807) is 0 Å². The second kappa shape index (κ2) is 5.09. The van der Waals surface area contributed by atoms with E-state index in [0.717, 1.165) is 12.1 Å². The van der Waals surface area contributed by atoms with Crippen LogP contribution in [-0.4, -0.2) is 26.5 Å². The van der Waals surface area contributed by atoms with Crippen LogP contribution in [0.25, 0.3) is 0 Å². The van der Waals surface area contributed by atoms with E-state index in [0.29, 0.717) is 0 Å². The molecule has 1 rings (SSSR count). The van der Waals surface area contributed by atoms with Crippen molar-refractivity contribution in [2.45, 2.75) is 0 Å². The van der Waals surface area contributed by atoms with Gasteiger partial charge in [0.15, 0.2) is 0 Å². The zero-order valence-corrected chi connectivity index (χ0v) is 10.8. The first-order valence-corrected chi connectivity index (χ1v) is 6.44. The Morgan fingerprint density at radius 3 is 2.12 bits per heavy atom. The van der Waals surface area contributed by atoms with Crippen LogP contribution in [0, 0.1) is 0 Å². The molecule has 9 heteroatoms. The number of carbonyl (C=O) groups is 1. The zero-order chi connectivity index (χ0) is 13.2. The zero-order valence-electron chi connectivity index (χ0n) is 8.49. The highest BCUT2D eigenvalue weighted by Crippen LogP contribution is 2.32. The Morgan fingerprint density at radius 2 is 1.76 bits per heavy atom. The lowest BCUT2D eigenvalue weighted by molar-refractivity contribution is 0.0697. The number of benzene rings is 1. The number of aromatic carboxylic acids is 1. The van der Waals surface area contributed by atoms with Gasteiger partial charge in [-0.25, -0.2) is 9.52 Å². The van der Waals surface area contributed by atoms with Gasteiger partial charge in [-0.2, -0.15) is 8.42 Å². The summed E-state index contributed by atoms with van der Waals surface area (Å²) in [4.78, 5) is 10.7. The smallest absolute Gasteiger partial charge is 0.335 e. The van der Waals surface area contributed by atoms with Crippen molar-refractivity contribution in [2.75, 3.05) is 11.8 Å². The molecule has 0 bridgehead atoms. The van der Waals surface area contributed by atoms with Gasteiger partial charge in [0.1, 0.15) is 0 Å². The van der Waals surface area contributed by atoms with Gasteiger partial charge >= 0.3 is 5.97 Å². The van der Waals surface area contributed by atoms with Crippen LogP contribution in [0.3, 0.4) is 0 Å². The molecule has 3 N–H and O–H groups in total. The number of anilines is 1. The van der Waals surface area contributed by atoms with Gasteiger partial charge in [0.2, 0.25) is 0 Å². The van der Waals surface area contributed by atoms with Crippen molar-refractivity contribution in [3.63, 3.8) is 0 Å². The Bertz CT molecular complexity index is 536. The molecule has 1 aromatic carbocycles. The predicted octanol–water partition coefficient (Wildman–Crippen LogP) is 1.57. The minimum atomic E-state index is -3.77. The Morgan fingerprint density at radius 1 is 1.29 bits per heavy atom. The molecule has 0 aliphatic rings. The summed E-state index contributed by atoms with van der Waals surface area (Å²) < 4.78 is 26.6. The third kappa shape index (κ3) is 3.47. The average Bonchev–Trinajstić information content (AvgIpc) is 2.23. The largest absolute Gasteiger partial charge is 0.478 e. The number of halogens is 2. The molecule has 0 saturated heterocycles. The molecule has 6 nitrogen and oxygen atoms in total. The van der Waals surface area contributed by atoms with Crippen molar-refractivity contribution in [3.05, 3.63) is 27.7 Å². The van der Waals surface area contributed by atoms with E-state index in [2.05, 4.69) is 4.72 Å². The van der Waals surface area contributed by atoms with Gasteiger partial charge in [-0.1, -0.05) is 23.2 Å². The lowest BCUT2D eigenvalue weighted by Gasteiger charge is -2.10. The highest BCUT2D eigenvalue weighted by Gasteiger charge is 2.16. The molecule has 1 aromatic rings. The Labute approximate surface area is 108 Å². The summed E-state index contributed by atoms with van der Waals surface area (Å²) in [6, 6.07) is 2.20. The third-order valence-corrected chi connectivity index (χ3v) is 3.40. The molecule has 0 aliphatic heterocycles. The van der Waals surface area contributed by atoms with Gasteiger partial charge in [0, 0.05) is 7.05 Å². The van der Waals surface area contributed by atoms with E-state index >= 15 is 0 Å². The number of hydrogen-bond acceptors (Lipinski definition) is 3. The SMILES string of the molecule is CNS(=O)(=O)Nc1c(Cl)cc(C(=O)O)cc1Cl. The van der Waals surface area contributed by atoms with Gasteiger partial charge in [0.05, 0.1) is 21.3 Å². The molecule has 0 spiro atoms. The molecule has 17 heavy (non-hydrogen) atoms. The summed E-state index contributed by atoms with van der Waals surface area (Å²) in [5.74, 6) is -1.21. The Hall–Kier alpha value is -1.02. The van der Waals surface area contributed by atoms with E-state index in [-0.39, 0.29) is 21.3 Å². The summed E-state index contributed by atoms with van der Waals surface area (Å²) in [5, 5.41) is 8.53. The number of carboxylic acid groups (broad SMARTS) is 1. The average molecular weight is 299 g/mol. The van der Waals surface area contributed by atoms with Crippen LogP contribution in [0.5, 0.6) is 0 Å². The number of rotatable bonds is 4. The number of carboxylic acids is 1. The molecule has 0 aromatic heterocycles. The molecule has 0 amide bonds. The second-order valence-corrected chi connectivity index (χ2v) is 5.36. The molecule has 0 atom stereocenters. The van der Waals surface area contributed by atoms with E-state index in [1.165, 1.54) is 7.05 Å². The quantitative estimate of drug-likeness (QED) is 0.786. The summed E-state index contributed by atoms with van der Waals surface area (Å²) in [6.45, 7) is 0. The number of hydrogen-bond donors (Lipinski definition) is 3. The van der Waals surface area contributed by atoms with Gasteiger partial charge in [-0.05, 0) is 12.1 Å². The van der Waals surface area contributed by atoms with Gasteiger partial charge in [0.25, 0.3) is 10.2 Å². The van der Waals surface area contributed by atoms with Crippen molar-refractivity contribution >= 4 is 45.1 Å². The summed E-state index contributed by atoms with van der Waals surface area (Å²) >= 11 is 11.5. The van der Waals surface area contributed by atoms with Crippen molar-refractivity contribution in [1.82, 2.24) is 4.72 Å².